The zero-order valence-corrected chi connectivity index (χ0v) is 9.50. The van der Waals surface area contributed by atoms with Gasteiger partial charge in [-0.05, 0) is 12.5 Å². The second-order valence-corrected chi connectivity index (χ2v) is 3.47. The largest absolute Gasteiger partial charge is 0.391 e. The molecular formula is C10H15N3O4. The molecular weight excluding hydrogens is 226 g/mol. The Balaban J connectivity index is 2.49. The number of pyridine rings is 1. The van der Waals surface area contributed by atoms with Gasteiger partial charge in [0.15, 0.2) is 0 Å². The smallest absolute Gasteiger partial charge is 0.310 e. The molecule has 0 saturated heterocycles. The SMILES string of the molecule is COCC(O)CCNc1ccncc1[N+](=O)[O-]. The summed E-state index contributed by atoms with van der Waals surface area (Å²) in [6.45, 7) is 0.676. The summed E-state index contributed by atoms with van der Waals surface area (Å²) in [7, 11) is 1.50. The molecule has 0 saturated carbocycles. The maximum absolute atomic E-state index is 10.7. The van der Waals surface area contributed by atoms with Gasteiger partial charge in [0.2, 0.25) is 0 Å². The van der Waals surface area contributed by atoms with Crippen LogP contribution in [-0.2, 0) is 4.74 Å². The highest BCUT2D eigenvalue weighted by Gasteiger charge is 2.12. The molecule has 1 aromatic rings. The van der Waals surface area contributed by atoms with Crippen LogP contribution in [0.4, 0.5) is 11.4 Å². The fourth-order valence-electron chi connectivity index (χ4n) is 1.33. The fourth-order valence-corrected chi connectivity index (χ4v) is 1.33. The van der Waals surface area contributed by atoms with Gasteiger partial charge in [0.25, 0.3) is 0 Å². The van der Waals surface area contributed by atoms with Crippen LogP contribution >= 0.6 is 0 Å². The number of aliphatic hydroxyl groups is 1. The first-order valence-electron chi connectivity index (χ1n) is 5.14. The molecule has 0 fully saturated rings. The van der Waals surface area contributed by atoms with Crippen LogP contribution in [0.5, 0.6) is 0 Å². The van der Waals surface area contributed by atoms with E-state index in [0.29, 0.717) is 18.7 Å². The molecule has 7 nitrogen and oxygen atoms in total. The number of anilines is 1. The normalized spacial score (nSPS) is 12.1. The molecule has 0 radical (unpaired) electrons. The van der Waals surface area contributed by atoms with Gasteiger partial charge in [-0.1, -0.05) is 0 Å². The van der Waals surface area contributed by atoms with E-state index in [0.717, 1.165) is 0 Å². The standard InChI is InChI=1S/C10H15N3O4/c1-17-7-8(14)2-5-12-9-3-4-11-6-10(9)13(15)16/h3-4,6,8,14H,2,5,7H2,1H3,(H,11,12). The number of hydrogen-bond acceptors (Lipinski definition) is 6. The average molecular weight is 241 g/mol. The van der Waals surface area contributed by atoms with Crippen LogP contribution < -0.4 is 5.32 Å². The molecule has 0 aliphatic rings. The van der Waals surface area contributed by atoms with Gasteiger partial charge in [-0.3, -0.25) is 15.1 Å². The van der Waals surface area contributed by atoms with Crippen molar-refractivity contribution < 1.29 is 14.8 Å². The number of nitrogens with one attached hydrogen (secondary N) is 1. The van der Waals surface area contributed by atoms with Gasteiger partial charge in [0.05, 0.1) is 17.6 Å². The third kappa shape index (κ3) is 4.33. The third-order valence-electron chi connectivity index (χ3n) is 2.15. The highest BCUT2D eigenvalue weighted by Crippen LogP contribution is 2.21. The lowest BCUT2D eigenvalue weighted by molar-refractivity contribution is -0.384. The average Bonchev–Trinajstić information content (AvgIpc) is 2.30. The van der Waals surface area contributed by atoms with E-state index in [9.17, 15) is 15.2 Å². The van der Waals surface area contributed by atoms with Crippen LogP contribution in [0.3, 0.4) is 0 Å². The molecule has 0 spiro atoms. The summed E-state index contributed by atoms with van der Waals surface area (Å²) in [5.74, 6) is 0. The molecule has 2 N–H and O–H groups in total. The highest BCUT2D eigenvalue weighted by molar-refractivity contribution is 5.59. The maximum atomic E-state index is 10.7. The molecule has 17 heavy (non-hydrogen) atoms. The van der Waals surface area contributed by atoms with E-state index in [2.05, 4.69) is 10.3 Å². The van der Waals surface area contributed by atoms with E-state index >= 15 is 0 Å². The number of methoxy groups -OCH3 is 1. The Morgan fingerprint density at radius 3 is 3.12 bits per heavy atom. The second kappa shape index (κ2) is 6.77. The van der Waals surface area contributed by atoms with Crippen LogP contribution in [-0.4, -0.2) is 41.4 Å². The predicted molar refractivity (Wildman–Crippen MR) is 61.9 cm³/mol. The van der Waals surface area contributed by atoms with E-state index in [-0.39, 0.29) is 12.3 Å². The number of aromatic nitrogens is 1. The zero-order chi connectivity index (χ0) is 12.7. The van der Waals surface area contributed by atoms with Gasteiger partial charge in [0, 0.05) is 19.9 Å². The highest BCUT2D eigenvalue weighted by atomic mass is 16.6. The first-order chi connectivity index (χ1) is 8.15. The second-order valence-electron chi connectivity index (χ2n) is 3.47. The Bertz CT molecular complexity index is 372. The topological polar surface area (TPSA) is 97.5 Å². The van der Waals surface area contributed by atoms with Gasteiger partial charge in [-0.25, -0.2) is 0 Å². The van der Waals surface area contributed by atoms with Crippen molar-refractivity contribution in [2.45, 2.75) is 12.5 Å². The molecule has 0 aliphatic carbocycles. The molecule has 1 rings (SSSR count). The maximum Gasteiger partial charge on any atom is 0.310 e. The number of hydrogen-bond donors (Lipinski definition) is 2. The molecule has 0 bridgehead atoms. The van der Waals surface area contributed by atoms with Gasteiger partial charge in [-0.2, -0.15) is 0 Å². The molecule has 7 heteroatoms. The molecule has 1 heterocycles. The first kappa shape index (κ1) is 13.3. The van der Waals surface area contributed by atoms with Crippen molar-refractivity contribution in [2.24, 2.45) is 0 Å². The summed E-state index contributed by atoms with van der Waals surface area (Å²) in [5, 5.41) is 23.0. The summed E-state index contributed by atoms with van der Waals surface area (Å²) in [6.07, 6.45) is 2.54. The molecule has 1 atom stereocenters. The number of rotatable bonds is 7. The summed E-state index contributed by atoms with van der Waals surface area (Å²) in [6, 6.07) is 1.53. The Labute approximate surface area is 98.6 Å². The molecule has 0 aromatic carbocycles. The van der Waals surface area contributed by atoms with Gasteiger partial charge >= 0.3 is 5.69 Å². The Hall–Kier alpha value is -1.73. The summed E-state index contributed by atoms with van der Waals surface area (Å²) in [5.41, 5.74) is 0.323. The number of aliphatic hydroxyl groups excluding tert-OH is 1. The summed E-state index contributed by atoms with van der Waals surface area (Å²) in [4.78, 5) is 13.9. The monoisotopic (exact) mass is 241 g/mol. The Morgan fingerprint density at radius 2 is 2.47 bits per heavy atom. The van der Waals surface area contributed by atoms with E-state index in [4.69, 9.17) is 4.74 Å². The minimum atomic E-state index is -0.576. The van der Waals surface area contributed by atoms with Crippen LogP contribution in [0.25, 0.3) is 0 Å². The van der Waals surface area contributed by atoms with Crippen molar-refractivity contribution in [1.29, 1.82) is 0 Å². The number of ether oxygens (including phenoxy) is 1. The van der Waals surface area contributed by atoms with Crippen molar-refractivity contribution in [3.63, 3.8) is 0 Å². The van der Waals surface area contributed by atoms with Crippen molar-refractivity contribution in [2.75, 3.05) is 25.6 Å². The van der Waals surface area contributed by atoms with Gasteiger partial charge < -0.3 is 15.2 Å². The predicted octanol–water partition coefficient (Wildman–Crippen LogP) is 0.799. The minimum absolute atomic E-state index is 0.0752. The van der Waals surface area contributed by atoms with Crippen LogP contribution in [0.15, 0.2) is 18.5 Å². The molecule has 0 amide bonds. The van der Waals surface area contributed by atoms with Crippen molar-refractivity contribution in [1.82, 2.24) is 4.98 Å². The van der Waals surface area contributed by atoms with Crippen LogP contribution in [0.2, 0.25) is 0 Å². The van der Waals surface area contributed by atoms with Gasteiger partial charge in [-0.15, -0.1) is 0 Å². The van der Waals surface area contributed by atoms with Crippen molar-refractivity contribution >= 4 is 11.4 Å². The van der Waals surface area contributed by atoms with Crippen molar-refractivity contribution in [3.8, 4) is 0 Å². The van der Waals surface area contributed by atoms with Gasteiger partial charge in [0.1, 0.15) is 11.9 Å². The lowest BCUT2D eigenvalue weighted by atomic mass is 10.2. The van der Waals surface area contributed by atoms with Crippen LogP contribution in [0.1, 0.15) is 6.42 Å². The minimum Gasteiger partial charge on any atom is -0.391 e. The molecule has 1 unspecified atom stereocenters. The summed E-state index contributed by atoms with van der Waals surface area (Å²) < 4.78 is 4.77. The van der Waals surface area contributed by atoms with E-state index in [1.807, 2.05) is 0 Å². The zero-order valence-electron chi connectivity index (χ0n) is 9.50. The van der Waals surface area contributed by atoms with Crippen LogP contribution in [0, 0.1) is 10.1 Å². The summed E-state index contributed by atoms with van der Waals surface area (Å²) >= 11 is 0. The van der Waals surface area contributed by atoms with E-state index in [1.54, 1.807) is 0 Å². The molecule has 94 valence electrons. The van der Waals surface area contributed by atoms with E-state index < -0.39 is 11.0 Å². The Kier molecular flexibility index (Phi) is 5.31. The molecule has 0 aliphatic heterocycles. The third-order valence-corrected chi connectivity index (χ3v) is 2.15. The Morgan fingerprint density at radius 1 is 1.71 bits per heavy atom. The first-order valence-corrected chi connectivity index (χ1v) is 5.14. The fraction of sp³-hybridized carbons (Fsp3) is 0.500. The lowest BCUT2D eigenvalue weighted by Crippen LogP contribution is -2.18. The molecule has 1 aromatic heterocycles. The quantitative estimate of drug-likeness (QED) is 0.541. The lowest BCUT2D eigenvalue weighted by Gasteiger charge is -2.10. The number of nitrogens with zero attached hydrogens (tertiary/aromatic N) is 2. The number of nitro groups is 1. The van der Waals surface area contributed by atoms with Crippen molar-refractivity contribution in [3.05, 3.63) is 28.6 Å². The van der Waals surface area contributed by atoms with E-state index in [1.165, 1.54) is 25.6 Å².